The Labute approximate surface area is 83.3 Å². The van der Waals surface area contributed by atoms with Crippen LogP contribution in [0.5, 0.6) is 0 Å². The Kier molecular flexibility index (Phi) is 5.45. The minimum Gasteiger partial charge on any atom is -0.314 e. The van der Waals surface area contributed by atoms with Crippen molar-refractivity contribution in [3.63, 3.8) is 0 Å². The summed E-state index contributed by atoms with van der Waals surface area (Å²) in [5, 5.41) is 3.56. The summed E-state index contributed by atoms with van der Waals surface area (Å²) in [7, 11) is 0. The molecular formula is C12H25N. The van der Waals surface area contributed by atoms with Crippen LogP contribution in [0.1, 0.15) is 58.8 Å². The molecule has 1 aliphatic rings. The predicted octanol–water partition coefficient (Wildman–Crippen LogP) is 3.34. The maximum atomic E-state index is 3.56. The van der Waals surface area contributed by atoms with Gasteiger partial charge in [0.1, 0.15) is 0 Å². The molecule has 1 fully saturated rings. The second-order valence-electron chi connectivity index (χ2n) is 4.58. The van der Waals surface area contributed by atoms with Gasteiger partial charge in [0, 0.05) is 6.04 Å². The van der Waals surface area contributed by atoms with Crippen LogP contribution in [0.4, 0.5) is 0 Å². The fourth-order valence-electron chi connectivity index (χ4n) is 2.28. The van der Waals surface area contributed by atoms with Crippen LogP contribution in [0.25, 0.3) is 0 Å². The molecule has 1 N–H and O–H groups in total. The normalized spacial score (nSPS) is 20.8. The summed E-state index contributed by atoms with van der Waals surface area (Å²) < 4.78 is 0. The molecule has 1 rings (SSSR count). The smallest absolute Gasteiger partial charge is 0.00388 e. The molecule has 0 amide bonds. The maximum Gasteiger partial charge on any atom is 0.00388 e. The van der Waals surface area contributed by atoms with Crippen LogP contribution in [0.15, 0.2) is 0 Å². The maximum absolute atomic E-state index is 3.56. The second-order valence-corrected chi connectivity index (χ2v) is 4.58. The topological polar surface area (TPSA) is 12.0 Å². The average Bonchev–Trinajstić information content (AvgIpc) is 2.64. The fraction of sp³-hybridized carbons (Fsp3) is 1.00. The zero-order chi connectivity index (χ0) is 9.52. The molecule has 0 aromatic rings. The largest absolute Gasteiger partial charge is 0.314 e. The number of hydrogen-bond acceptors (Lipinski definition) is 1. The molecular weight excluding hydrogens is 158 g/mol. The van der Waals surface area contributed by atoms with Crippen molar-refractivity contribution in [2.24, 2.45) is 5.92 Å². The fourth-order valence-corrected chi connectivity index (χ4v) is 2.28. The van der Waals surface area contributed by atoms with Crippen molar-refractivity contribution in [3.05, 3.63) is 0 Å². The van der Waals surface area contributed by atoms with Gasteiger partial charge in [-0.25, -0.2) is 0 Å². The van der Waals surface area contributed by atoms with Crippen LogP contribution in [0.3, 0.4) is 0 Å². The van der Waals surface area contributed by atoms with E-state index >= 15 is 0 Å². The number of rotatable bonds is 6. The van der Waals surface area contributed by atoms with Crippen molar-refractivity contribution < 1.29 is 0 Å². The first-order chi connectivity index (χ1) is 6.33. The molecule has 1 aliphatic carbocycles. The van der Waals surface area contributed by atoms with Gasteiger partial charge in [-0.05, 0) is 38.6 Å². The standard InChI is InChI=1S/C12H25N/c1-3-10-13-11(2)8-9-12-6-4-5-7-12/h11-13H,3-10H2,1-2H3. The van der Waals surface area contributed by atoms with Crippen molar-refractivity contribution in [3.8, 4) is 0 Å². The third kappa shape index (κ3) is 4.66. The van der Waals surface area contributed by atoms with Gasteiger partial charge in [-0.2, -0.15) is 0 Å². The first-order valence-corrected chi connectivity index (χ1v) is 6.06. The summed E-state index contributed by atoms with van der Waals surface area (Å²) in [4.78, 5) is 0. The Hall–Kier alpha value is -0.0400. The molecule has 78 valence electrons. The van der Waals surface area contributed by atoms with E-state index in [-0.39, 0.29) is 0 Å². The molecule has 1 nitrogen and oxygen atoms in total. The van der Waals surface area contributed by atoms with Gasteiger partial charge in [0.05, 0.1) is 0 Å². The van der Waals surface area contributed by atoms with E-state index in [2.05, 4.69) is 19.2 Å². The minimum atomic E-state index is 0.737. The summed E-state index contributed by atoms with van der Waals surface area (Å²) in [6.45, 7) is 5.74. The molecule has 1 saturated carbocycles. The second kappa shape index (κ2) is 6.42. The highest BCUT2D eigenvalue weighted by Crippen LogP contribution is 2.28. The van der Waals surface area contributed by atoms with Crippen LogP contribution < -0.4 is 5.32 Å². The molecule has 1 unspecified atom stereocenters. The molecule has 0 heterocycles. The highest BCUT2D eigenvalue weighted by atomic mass is 14.9. The Balaban J connectivity index is 1.97. The van der Waals surface area contributed by atoms with Gasteiger partial charge in [0.2, 0.25) is 0 Å². The molecule has 0 radical (unpaired) electrons. The SMILES string of the molecule is CCCNC(C)CCC1CCCC1. The van der Waals surface area contributed by atoms with Gasteiger partial charge in [-0.15, -0.1) is 0 Å². The molecule has 0 aliphatic heterocycles. The summed E-state index contributed by atoms with van der Waals surface area (Å²) in [6.07, 6.45) is 10.1. The van der Waals surface area contributed by atoms with Gasteiger partial charge in [-0.1, -0.05) is 32.6 Å². The van der Waals surface area contributed by atoms with E-state index < -0.39 is 0 Å². The summed E-state index contributed by atoms with van der Waals surface area (Å²) in [5.41, 5.74) is 0. The van der Waals surface area contributed by atoms with E-state index in [4.69, 9.17) is 0 Å². The third-order valence-corrected chi connectivity index (χ3v) is 3.23. The first-order valence-electron chi connectivity index (χ1n) is 6.06. The lowest BCUT2D eigenvalue weighted by Crippen LogP contribution is -2.26. The van der Waals surface area contributed by atoms with Crippen molar-refractivity contribution in [1.29, 1.82) is 0 Å². The molecule has 0 saturated heterocycles. The number of nitrogens with one attached hydrogen (secondary N) is 1. The Morgan fingerprint density at radius 2 is 2.00 bits per heavy atom. The summed E-state index contributed by atoms with van der Waals surface area (Å²) in [5.74, 6) is 1.06. The molecule has 13 heavy (non-hydrogen) atoms. The minimum absolute atomic E-state index is 0.737. The Bertz CT molecular complexity index is 116. The summed E-state index contributed by atoms with van der Waals surface area (Å²) in [6, 6.07) is 0.737. The van der Waals surface area contributed by atoms with Crippen molar-refractivity contribution in [2.45, 2.75) is 64.8 Å². The van der Waals surface area contributed by atoms with Crippen molar-refractivity contribution >= 4 is 0 Å². The van der Waals surface area contributed by atoms with Crippen LogP contribution in [0, 0.1) is 5.92 Å². The Morgan fingerprint density at radius 1 is 1.31 bits per heavy atom. The van der Waals surface area contributed by atoms with Crippen LogP contribution in [-0.4, -0.2) is 12.6 Å². The van der Waals surface area contributed by atoms with Crippen LogP contribution in [0.2, 0.25) is 0 Å². The quantitative estimate of drug-likeness (QED) is 0.666. The number of hydrogen-bond donors (Lipinski definition) is 1. The highest BCUT2D eigenvalue weighted by Gasteiger charge is 2.15. The van der Waals surface area contributed by atoms with E-state index in [1.165, 1.54) is 51.5 Å². The third-order valence-electron chi connectivity index (χ3n) is 3.23. The van der Waals surface area contributed by atoms with E-state index in [9.17, 15) is 0 Å². The van der Waals surface area contributed by atoms with Gasteiger partial charge < -0.3 is 5.32 Å². The van der Waals surface area contributed by atoms with E-state index in [0.717, 1.165) is 12.0 Å². The lowest BCUT2D eigenvalue weighted by atomic mass is 9.99. The highest BCUT2D eigenvalue weighted by molar-refractivity contribution is 4.70. The lowest BCUT2D eigenvalue weighted by molar-refractivity contribution is 0.420. The Morgan fingerprint density at radius 3 is 2.62 bits per heavy atom. The van der Waals surface area contributed by atoms with Gasteiger partial charge in [0.15, 0.2) is 0 Å². The molecule has 1 heteroatoms. The van der Waals surface area contributed by atoms with Crippen molar-refractivity contribution in [2.75, 3.05) is 6.54 Å². The lowest BCUT2D eigenvalue weighted by Gasteiger charge is -2.15. The van der Waals surface area contributed by atoms with E-state index in [1.54, 1.807) is 0 Å². The molecule has 0 aromatic heterocycles. The monoisotopic (exact) mass is 183 g/mol. The van der Waals surface area contributed by atoms with Gasteiger partial charge in [-0.3, -0.25) is 0 Å². The predicted molar refractivity (Wildman–Crippen MR) is 58.9 cm³/mol. The molecule has 0 aromatic carbocycles. The zero-order valence-electron chi connectivity index (χ0n) is 9.31. The average molecular weight is 183 g/mol. The van der Waals surface area contributed by atoms with Gasteiger partial charge >= 0.3 is 0 Å². The van der Waals surface area contributed by atoms with Gasteiger partial charge in [0.25, 0.3) is 0 Å². The first kappa shape index (κ1) is 11.0. The van der Waals surface area contributed by atoms with E-state index in [1.807, 2.05) is 0 Å². The zero-order valence-corrected chi connectivity index (χ0v) is 9.31. The summed E-state index contributed by atoms with van der Waals surface area (Å²) >= 11 is 0. The molecule has 1 atom stereocenters. The van der Waals surface area contributed by atoms with Crippen LogP contribution >= 0.6 is 0 Å². The molecule has 0 bridgehead atoms. The van der Waals surface area contributed by atoms with Crippen LogP contribution in [-0.2, 0) is 0 Å². The molecule has 0 spiro atoms. The van der Waals surface area contributed by atoms with Crippen molar-refractivity contribution in [1.82, 2.24) is 5.32 Å². The van der Waals surface area contributed by atoms with E-state index in [0.29, 0.717) is 0 Å².